The summed E-state index contributed by atoms with van der Waals surface area (Å²) in [6.07, 6.45) is 0. The van der Waals surface area contributed by atoms with Crippen molar-refractivity contribution in [1.29, 1.82) is 0 Å². The van der Waals surface area contributed by atoms with Crippen LogP contribution in [0.1, 0.15) is 20.8 Å². The molecule has 0 spiro atoms. The molecule has 2 nitrogen and oxygen atoms in total. The van der Waals surface area contributed by atoms with Gasteiger partial charge in [0, 0.05) is 0 Å². The van der Waals surface area contributed by atoms with Gasteiger partial charge in [-0.05, 0) is 19.1 Å². The lowest BCUT2D eigenvalue weighted by atomic mass is 10.9. The van der Waals surface area contributed by atoms with Gasteiger partial charge in [0.15, 0.2) is 8.32 Å². The summed E-state index contributed by atoms with van der Waals surface area (Å²) in [6, 6.07) is 1.20. The molecule has 0 aliphatic rings. The normalized spacial score (nSPS) is 12.7. The molecule has 0 saturated heterocycles. The van der Waals surface area contributed by atoms with Crippen molar-refractivity contribution in [3.63, 3.8) is 0 Å². The zero-order valence-corrected chi connectivity index (χ0v) is 13.3. The van der Waals surface area contributed by atoms with Gasteiger partial charge in [0.05, 0.1) is 0 Å². The van der Waals surface area contributed by atoms with E-state index in [0.717, 1.165) is 0 Å². The average molecular weight is 234 g/mol. The van der Waals surface area contributed by atoms with Crippen LogP contribution in [0.25, 0.3) is 0 Å². The molecule has 0 aromatic carbocycles. The molecule has 78 valence electrons. The maximum absolute atomic E-state index is 5.90. The van der Waals surface area contributed by atoms with E-state index in [1.54, 1.807) is 0 Å². The molecule has 0 amide bonds. The number of hydrogen-bond acceptors (Lipinski definition) is 2. The van der Waals surface area contributed by atoms with Gasteiger partial charge in [-0.3, -0.25) is 0 Å². The quantitative estimate of drug-likeness (QED) is 0.629. The molecule has 0 bridgehead atoms. The van der Waals surface area contributed by atoms with E-state index < -0.39 is 32.8 Å². The summed E-state index contributed by atoms with van der Waals surface area (Å²) < 4.78 is 11.8. The van der Waals surface area contributed by atoms with Gasteiger partial charge >= 0.3 is 14.5 Å². The molecule has 0 aliphatic carbocycles. The fourth-order valence-electron chi connectivity index (χ4n) is 0.916. The Morgan fingerprint density at radius 2 is 1.69 bits per heavy atom. The predicted octanol–water partition coefficient (Wildman–Crippen LogP) is 2.27. The molecule has 0 rings (SSSR count). The lowest BCUT2D eigenvalue weighted by Gasteiger charge is -2.22. The highest BCUT2D eigenvalue weighted by Gasteiger charge is 2.21. The summed E-state index contributed by atoms with van der Waals surface area (Å²) in [5.74, 6) is 0. The Hall–Kier alpha value is 0.886. The van der Waals surface area contributed by atoms with E-state index in [0.29, 0.717) is 0 Å². The number of hydrogen-bond donors (Lipinski definition) is 0. The SMILES string of the molecule is C[CH2][Al]([CH2]C)[O][SiH2]O[Si](C)(C)CC. The first-order chi connectivity index (χ1) is 6.05. The average Bonchev–Trinajstić information content (AvgIpc) is 2.12. The minimum Gasteiger partial charge on any atom is -0.530 e. The maximum atomic E-state index is 5.90. The van der Waals surface area contributed by atoms with Crippen molar-refractivity contribution in [1.82, 2.24) is 0 Å². The van der Waals surface area contributed by atoms with Crippen molar-refractivity contribution in [2.24, 2.45) is 0 Å². The van der Waals surface area contributed by atoms with Crippen LogP contribution >= 0.6 is 0 Å². The van der Waals surface area contributed by atoms with Crippen molar-refractivity contribution >= 4 is 32.8 Å². The lowest BCUT2D eigenvalue weighted by Crippen LogP contribution is -2.33. The minimum absolute atomic E-state index is 0.650. The third-order valence-electron chi connectivity index (χ3n) is 2.52. The van der Waals surface area contributed by atoms with Gasteiger partial charge in [0.2, 0.25) is 0 Å². The van der Waals surface area contributed by atoms with Crippen LogP contribution in [0.4, 0.5) is 0 Å². The van der Waals surface area contributed by atoms with Gasteiger partial charge in [-0.1, -0.05) is 31.3 Å². The molecule has 0 heterocycles. The molecule has 0 unspecified atom stereocenters. The third-order valence-corrected chi connectivity index (χ3v) is 12.1. The monoisotopic (exact) mass is 234 g/mol. The van der Waals surface area contributed by atoms with Crippen LogP contribution in [-0.2, 0) is 7.59 Å². The zero-order chi connectivity index (χ0) is 10.3. The van der Waals surface area contributed by atoms with Crippen LogP contribution in [0.3, 0.4) is 0 Å². The summed E-state index contributed by atoms with van der Waals surface area (Å²) in [7, 11) is -1.96. The Bertz CT molecular complexity index is 129. The highest BCUT2D eigenvalue weighted by molar-refractivity contribution is 6.75. The Morgan fingerprint density at radius 3 is 2.08 bits per heavy atom. The molecule has 13 heavy (non-hydrogen) atoms. The Balaban J connectivity index is 3.54. The first-order valence-electron chi connectivity index (χ1n) is 5.31. The molecule has 0 aliphatic heterocycles. The summed E-state index contributed by atoms with van der Waals surface area (Å²) in [5, 5.41) is 2.50. The third kappa shape index (κ3) is 6.89. The molecule has 0 fully saturated rings. The van der Waals surface area contributed by atoms with Gasteiger partial charge in [0.25, 0.3) is 10.0 Å². The van der Waals surface area contributed by atoms with Crippen molar-refractivity contribution in [2.45, 2.75) is 50.5 Å². The molecule has 0 N–H and O–H groups in total. The fraction of sp³-hybridized carbons (Fsp3) is 1.00. The van der Waals surface area contributed by atoms with E-state index in [4.69, 9.17) is 7.59 Å². The van der Waals surface area contributed by atoms with Crippen molar-refractivity contribution in [3.05, 3.63) is 0 Å². The largest absolute Gasteiger partial charge is 0.530 e. The van der Waals surface area contributed by atoms with Crippen LogP contribution < -0.4 is 0 Å². The van der Waals surface area contributed by atoms with Crippen LogP contribution in [0, 0.1) is 0 Å². The second-order valence-corrected chi connectivity index (χ2v) is 13.8. The molecular formula is C8H23AlO2Si2. The van der Waals surface area contributed by atoms with Gasteiger partial charge in [-0.25, -0.2) is 0 Å². The van der Waals surface area contributed by atoms with E-state index >= 15 is 0 Å². The summed E-state index contributed by atoms with van der Waals surface area (Å²) >= 11 is -0.834. The maximum Gasteiger partial charge on any atom is 0.450 e. The van der Waals surface area contributed by atoms with Gasteiger partial charge in [-0.15, -0.1) is 0 Å². The Kier molecular flexibility index (Phi) is 7.71. The van der Waals surface area contributed by atoms with Gasteiger partial charge < -0.3 is 7.59 Å². The van der Waals surface area contributed by atoms with E-state index in [-0.39, 0.29) is 0 Å². The Morgan fingerprint density at radius 1 is 1.15 bits per heavy atom. The summed E-state index contributed by atoms with van der Waals surface area (Å²) in [6.45, 7) is 11.2. The van der Waals surface area contributed by atoms with Crippen molar-refractivity contribution < 1.29 is 7.59 Å². The van der Waals surface area contributed by atoms with Gasteiger partial charge in [-0.2, -0.15) is 0 Å². The predicted molar refractivity (Wildman–Crippen MR) is 65.4 cm³/mol. The fourth-order valence-corrected chi connectivity index (χ4v) is 7.13. The van der Waals surface area contributed by atoms with E-state index in [1.807, 2.05) is 0 Å². The molecular weight excluding hydrogens is 211 g/mol. The van der Waals surface area contributed by atoms with Gasteiger partial charge in [0.1, 0.15) is 0 Å². The summed E-state index contributed by atoms with van der Waals surface area (Å²) in [5.41, 5.74) is 0. The van der Waals surface area contributed by atoms with E-state index in [1.165, 1.54) is 16.6 Å². The number of rotatable bonds is 7. The zero-order valence-electron chi connectivity index (χ0n) is 9.72. The van der Waals surface area contributed by atoms with E-state index in [2.05, 4.69) is 33.9 Å². The molecule has 0 atom stereocenters. The van der Waals surface area contributed by atoms with Crippen molar-refractivity contribution in [3.8, 4) is 0 Å². The second kappa shape index (κ2) is 7.21. The van der Waals surface area contributed by atoms with Crippen LogP contribution in [0.2, 0.25) is 29.7 Å². The first kappa shape index (κ1) is 13.9. The van der Waals surface area contributed by atoms with E-state index in [9.17, 15) is 0 Å². The van der Waals surface area contributed by atoms with Crippen LogP contribution in [0.15, 0.2) is 0 Å². The first-order valence-corrected chi connectivity index (χ1v) is 11.7. The molecule has 5 heteroatoms. The lowest BCUT2D eigenvalue weighted by molar-refractivity contribution is 0.458. The summed E-state index contributed by atoms with van der Waals surface area (Å²) in [4.78, 5) is 0. The standard InChI is InChI=1S/C4H13O2Si2.2C2H5.Al/c1-4-8(2,3)6-7-5;2*1-2;/h4,7H2,1-3H3;2*1H2,2H3;/q-1;;;+1. The molecule has 0 radical (unpaired) electrons. The highest BCUT2D eigenvalue weighted by Crippen LogP contribution is 2.09. The second-order valence-electron chi connectivity index (χ2n) is 3.98. The van der Waals surface area contributed by atoms with Crippen LogP contribution in [0.5, 0.6) is 0 Å². The molecule has 0 aromatic heterocycles. The molecule has 0 saturated carbocycles. The van der Waals surface area contributed by atoms with Crippen molar-refractivity contribution in [2.75, 3.05) is 0 Å². The highest BCUT2D eigenvalue weighted by atomic mass is 28.4. The Labute approximate surface area is 90.9 Å². The smallest absolute Gasteiger partial charge is 0.450 e. The molecule has 0 aromatic rings. The van der Waals surface area contributed by atoms with Crippen LogP contribution in [-0.4, -0.2) is 32.8 Å². The minimum atomic E-state index is -1.31. The topological polar surface area (TPSA) is 18.5 Å².